The fourth-order valence-electron chi connectivity index (χ4n) is 2.49. The van der Waals surface area contributed by atoms with Crippen molar-refractivity contribution in [2.45, 2.75) is 45.2 Å². The van der Waals surface area contributed by atoms with Crippen molar-refractivity contribution in [3.63, 3.8) is 0 Å². The molecule has 1 aliphatic rings. The van der Waals surface area contributed by atoms with Crippen LogP contribution in [0.5, 0.6) is 0 Å². The number of amides is 1. The van der Waals surface area contributed by atoms with Crippen LogP contribution in [-0.2, 0) is 0 Å². The summed E-state index contributed by atoms with van der Waals surface area (Å²) in [5.41, 5.74) is 1.75. The lowest BCUT2D eigenvalue weighted by molar-refractivity contribution is 0.0943. The quantitative estimate of drug-likeness (QED) is 0.791. The lowest BCUT2D eigenvalue weighted by Gasteiger charge is -2.18. The molecule has 1 aromatic carbocycles. The Hall–Kier alpha value is -1.55. The first-order valence-corrected chi connectivity index (χ1v) is 7.53. The zero-order valence-electron chi connectivity index (χ0n) is 12.4. The van der Waals surface area contributed by atoms with Crippen molar-refractivity contribution in [2.24, 2.45) is 0 Å². The van der Waals surface area contributed by atoms with Gasteiger partial charge in [-0.05, 0) is 64.4 Å². The van der Waals surface area contributed by atoms with Gasteiger partial charge in [-0.15, -0.1) is 0 Å². The molecule has 1 unspecified atom stereocenters. The van der Waals surface area contributed by atoms with Crippen LogP contribution in [-0.4, -0.2) is 31.1 Å². The molecule has 20 heavy (non-hydrogen) atoms. The van der Waals surface area contributed by atoms with E-state index in [-0.39, 0.29) is 11.9 Å². The van der Waals surface area contributed by atoms with Gasteiger partial charge in [0.1, 0.15) is 0 Å². The topological polar surface area (TPSA) is 53.2 Å². The number of rotatable bonds is 4. The van der Waals surface area contributed by atoms with E-state index < -0.39 is 0 Å². The van der Waals surface area contributed by atoms with Gasteiger partial charge in [-0.2, -0.15) is 0 Å². The summed E-state index contributed by atoms with van der Waals surface area (Å²) in [6.45, 7) is 6.11. The molecule has 1 aliphatic heterocycles. The molecule has 1 fully saturated rings. The molecular weight excluding hydrogens is 250 g/mol. The Balaban J connectivity index is 1.99. The van der Waals surface area contributed by atoms with Gasteiger partial charge >= 0.3 is 0 Å². The van der Waals surface area contributed by atoms with Crippen LogP contribution in [0.2, 0.25) is 0 Å². The number of hydrogen-bond acceptors (Lipinski definition) is 3. The maximum Gasteiger partial charge on any atom is 0.251 e. The van der Waals surface area contributed by atoms with E-state index in [9.17, 15) is 4.79 Å². The molecule has 1 aromatic rings. The average Bonchev–Trinajstić information content (AvgIpc) is 2.67. The van der Waals surface area contributed by atoms with Crippen LogP contribution in [0.15, 0.2) is 24.3 Å². The SMILES string of the molecule is CC(C)NC(=O)c1cccc(NC2CCCNCC2)c1. The van der Waals surface area contributed by atoms with Crippen molar-refractivity contribution in [3.05, 3.63) is 29.8 Å². The van der Waals surface area contributed by atoms with Crippen molar-refractivity contribution in [2.75, 3.05) is 18.4 Å². The van der Waals surface area contributed by atoms with Gasteiger partial charge in [-0.25, -0.2) is 0 Å². The Labute approximate surface area is 121 Å². The van der Waals surface area contributed by atoms with Crippen molar-refractivity contribution >= 4 is 11.6 Å². The summed E-state index contributed by atoms with van der Waals surface area (Å²) < 4.78 is 0. The smallest absolute Gasteiger partial charge is 0.251 e. The van der Waals surface area contributed by atoms with Gasteiger partial charge in [0, 0.05) is 23.3 Å². The van der Waals surface area contributed by atoms with Crippen molar-refractivity contribution < 1.29 is 4.79 Å². The van der Waals surface area contributed by atoms with E-state index >= 15 is 0 Å². The van der Waals surface area contributed by atoms with Crippen LogP contribution in [0.3, 0.4) is 0 Å². The highest BCUT2D eigenvalue weighted by atomic mass is 16.1. The second-order valence-electron chi connectivity index (χ2n) is 5.73. The van der Waals surface area contributed by atoms with Gasteiger partial charge in [-0.1, -0.05) is 6.07 Å². The highest BCUT2D eigenvalue weighted by molar-refractivity contribution is 5.95. The predicted molar refractivity (Wildman–Crippen MR) is 83.2 cm³/mol. The van der Waals surface area contributed by atoms with Crippen LogP contribution in [0.4, 0.5) is 5.69 Å². The van der Waals surface area contributed by atoms with E-state index in [4.69, 9.17) is 0 Å². The number of benzene rings is 1. The van der Waals surface area contributed by atoms with Gasteiger partial charge in [0.25, 0.3) is 5.91 Å². The molecule has 1 atom stereocenters. The van der Waals surface area contributed by atoms with Crippen molar-refractivity contribution in [1.29, 1.82) is 0 Å². The molecular formula is C16H25N3O. The van der Waals surface area contributed by atoms with Crippen LogP contribution in [0.1, 0.15) is 43.5 Å². The van der Waals surface area contributed by atoms with Crippen LogP contribution in [0.25, 0.3) is 0 Å². The molecule has 4 nitrogen and oxygen atoms in total. The first-order valence-electron chi connectivity index (χ1n) is 7.53. The molecule has 3 N–H and O–H groups in total. The Morgan fingerprint density at radius 2 is 2.15 bits per heavy atom. The summed E-state index contributed by atoms with van der Waals surface area (Å²) in [4.78, 5) is 12.0. The summed E-state index contributed by atoms with van der Waals surface area (Å²) in [6, 6.07) is 8.42. The molecule has 0 radical (unpaired) electrons. The fraction of sp³-hybridized carbons (Fsp3) is 0.562. The molecule has 0 saturated carbocycles. The third-order valence-electron chi connectivity index (χ3n) is 3.49. The molecule has 2 rings (SSSR count). The van der Waals surface area contributed by atoms with Gasteiger partial charge < -0.3 is 16.0 Å². The molecule has 1 amide bonds. The number of carbonyl (C=O) groups is 1. The van der Waals surface area contributed by atoms with E-state index in [1.165, 1.54) is 12.8 Å². The van der Waals surface area contributed by atoms with Crippen LogP contribution >= 0.6 is 0 Å². The molecule has 1 saturated heterocycles. The van der Waals surface area contributed by atoms with Crippen molar-refractivity contribution in [3.8, 4) is 0 Å². The zero-order chi connectivity index (χ0) is 14.4. The van der Waals surface area contributed by atoms with Crippen LogP contribution < -0.4 is 16.0 Å². The van der Waals surface area contributed by atoms with Gasteiger partial charge in [0.15, 0.2) is 0 Å². The number of nitrogens with one attached hydrogen (secondary N) is 3. The van der Waals surface area contributed by atoms with E-state index in [0.29, 0.717) is 6.04 Å². The Kier molecular flexibility index (Phi) is 5.41. The highest BCUT2D eigenvalue weighted by Crippen LogP contribution is 2.16. The number of hydrogen-bond donors (Lipinski definition) is 3. The minimum Gasteiger partial charge on any atom is -0.382 e. The van der Waals surface area contributed by atoms with Gasteiger partial charge in [0.2, 0.25) is 0 Å². The maximum atomic E-state index is 12.0. The standard InChI is InChI=1S/C16H25N3O/c1-12(2)18-16(20)13-5-3-6-15(11-13)19-14-7-4-9-17-10-8-14/h3,5-6,11-12,14,17,19H,4,7-10H2,1-2H3,(H,18,20). The molecule has 1 heterocycles. The Bertz CT molecular complexity index is 437. The molecule has 0 spiro atoms. The second kappa shape index (κ2) is 7.29. The van der Waals surface area contributed by atoms with Crippen molar-refractivity contribution in [1.82, 2.24) is 10.6 Å². The molecule has 0 bridgehead atoms. The number of anilines is 1. The minimum atomic E-state index is -0.00816. The fourth-order valence-corrected chi connectivity index (χ4v) is 2.49. The molecule has 0 aliphatic carbocycles. The van der Waals surface area contributed by atoms with E-state index in [0.717, 1.165) is 30.8 Å². The first-order chi connectivity index (χ1) is 9.65. The number of carbonyl (C=O) groups excluding carboxylic acids is 1. The third-order valence-corrected chi connectivity index (χ3v) is 3.49. The average molecular weight is 275 g/mol. The minimum absolute atomic E-state index is 0.00816. The highest BCUT2D eigenvalue weighted by Gasteiger charge is 2.12. The Morgan fingerprint density at radius 1 is 1.30 bits per heavy atom. The maximum absolute atomic E-state index is 12.0. The Morgan fingerprint density at radius 3 is 2.95 bits per heavy atom. The predicted octanol–water partition coefficient (Wildman–Crippen LogP) is 2.38. The summed E-state index contributed by atoms with van der Waals surface area (Å²) in [5, 5.41) is 9.88. The van der Waals surface area contributed by atoms with Gasteiger partial charge in [-0.3, -0.25) is 4.79 Å². The van der Waals surface area contributed by atoms with E-state index in [1.54, 1.807) is 0 Å². The summed E-state index contributed by atoms with van der Waals surface area (Å²) in [5.74, 6) is -0.00816. The first kappa shape index (κ1) is 14.9. The lowest BCUT2D eigenvalue weighted by atomic mass is 10.1. The van der Waals surface area contributed by atoms with Gasteiger partial charge in [0.05, 0.1) is 0 Å². The summed E-state index contributed by atoms with van der Waals surface area (Å²) >= 11 is 0. The molecule has 110 valence electrons. The van der Waals surface area contributed by atoms with E-state index in [1.807, 2.05) is 38.1 Å². The molecule has 4 heteroatoms. The zero-order valence-corrected chi connectivity index (χ0v) is 12.4. The van der Waals surface area contributed by atoms with E-state index in [2.05, 4.69) is 16.0 Å². The monoisotopic (exact) mass is 275 g/mol. The normalized spacial score (nSPS) is 19.4. The second-order valence-corrected chi connectivity index (χ2v) is 5.73. The van der Waals surface area contributed by atoms with Crippen LogP contribution in [0, 0.1) is 0 Å². The summed E-state index contributed by atoms with van der Waals surface area (Å²) in [6.07, 6.45) is 3.50. The summed E-state index contributed by atoms with van der Waals surface area (Å²) in [7, 11) is 0. The largest absolute Gasteiger partial charge is 0.382 e. The lowest BCUT2D eigenvalue weighted by Crippen LogP contribution is -2.30. The molecule has 0 aromatic heterocycles. The third kappa shape index (κ3) is 4.53.